The molecule has 0 aliphatic carbocycles. The first-order valence-electron chi connectivity index (χ1n) is 7.41. The van der Waals surface area contributed by atoms with Crippen LogP contribution >= 0.6 is 0 Å². The van der Waals surface area contributed by atoms with E-state index in [1.165, 1.54) is 38.4 Å². The van der Waals surface area contributed by atoms with Gasteiger partial charge >= 0.3 is 5.69 Å². The summed E-state index contributed by atoms with van der Waals surface area (Å²) in [4.78, 5) is 24.1. The van der Waals surface area contributed by atoms with Gasteiger partial charge in [0.15, 0.2) is 5.65 Å². The van der Waals surface area contributed by atoms with Crippen molar-refractivity contribution < 1.29 is 13.2 Å². The Morgan fingerprint density at radius 3 is 2.32 bits per heavy atom. The van der Waals surface area contributed by atoms with E-state index in [1.54, 1.807) is 0 Å². The van der Waals surface area contributed by atoms with Crippen LogP contribution in [0, 0.1) is 0 Å². The zero-order chi connectivity index (χ0) is 18.4. The molecule has 1 aromatic carbocycles. The Labute approximate surface area is 142 Å². The second-order valence-corrected chi connectivity index (χ2v) is 7.15. The summed E-state index contributed by atoms with van der Waals surface area (Å²) in [5, 5.41) is 3.97. The SMILES string of the molecule is CCOc1ccc(S(=O)(=O)n2cc3c(=O)n(C)c(=O)n(C)c3n2)cc1. The summed E-state index contributed by atoms with van der Waals surface area (Å²) in [6.07, 6.45) is 1.11. The van der Waals surface area contributed by atoms with Gasteiger partial charge < -0.3 is 4.74 Å². The van der Waals surface area contributed by atoms with Crippen LogP contribution in [-0.2, 0) is 24.1 Å². The highest BCUT2D eigenvalue weighted by atomic mass is 32.2. The lowest BCUT2D eigenvalue weighted by atomic mass is 10.3. The van der Waals surface area contributed by atoms with Crippen molar-refractivity contribution in [2.45, 2.75) is 11.8 Å². The predicted molar refractivity (Wildman–Crippen MR) is 90.4 cm³/mol. The van der Waals surface area contributed by atoms with Crippen LogP contribution in [0.3, 0.4) is 0 Å². The van der Waals surface area contributed by atoms with Crippen molar-refractivity contribution in [3.8, 4) is 5.75 Å². The molecule has 0 saturated heterocycles. The molecule has 2 heterocycles. The van der Waals surface area contributed by atoms with E-state index in [9.17, 15) is 18.0 Å². The number of aryl methyl sites for hydroxylation is 1. The third-order valence-electron chi connectivity index (χ3n) is 3.78. The van der Waals surface area contributed by atoms with Crippen molar-refractivity contribution in [3.63, 3.8) is 0 Å². The van der Waals surface area contributed by atoms with Gasteiger partial charge in [0.1, 0.15) is 11.1 Å². The number of fused-ring (bicyclic) bond motifs is 1. The van der Waals surface area contributed by atoms with Gasteiger partial charge in [0.05, 0.1) is 17.7 Å². The molecular weight excluding hydrogens is 348 g/mol. The van der Waals surface area contributed by atoms with E-state index in [0.29, 0.717) is 16.4 Å². The molecule has 0 bridgehead atoms. The monoisotopic (exact) mass is 364 g/mol. The Hall–Kier alpha value is -2.88. The van der Waals surface area contributed by atoms with E-state index in [2.05, 4.69) is 5.10 Å². The summed E-state index contributed by atoms with van der Waals surface area (Å²) in [5.41, 5.74) is -1.19. The summed E-state index contributed by atoms with van der Waals surface area (Å²) in [6, 6.07) is 5.86. The van der Waals surface area contributed by atoms with Crippen molar-refractivity contribution in [3.05, 3.63) is 51.3 Å². The fourth-order valence-electron chi connectivity index (χ4n) is 2.43. The number of aromatic nitrogens is 4. The maximum absolute atomic E-state index is 12.7. The lowest BCUT2D eigenvalue weighted by Gasteiger charge is -2.06. The molecule has 0 unspecified atom stereocenters. The van der Waals surface area contributed by atoms with E-state index < -0.39 is 21.3 Å². The maximum Gasteiger partial charge on any atom is 0.332 e. The molecule has 10 heteroatoms. The molecule has 25 heavy (non-hydrogen) atoms. The molecule has 3 rings (SSSR count). The second-order valence-electron chi connectivity index (χ2n) is 5.35. The quantitative estimate of drug-likeness (QED) is 0.649. The third kappa shape index (κ3) is 2.64. The van der Waals surface area contributed by atoms with Crippen LogP contribution < -0.4 is 16.0 Å². The first-order valence-corrected chi connectivity index (χ1v) is 8.85. The van der Waals surface area contributed by atoms with Gasteiger partial charge in [-0.05, 0) is 31.2 Å². The number of ether oxygens (including phenoxy) is 1. The van der Waals surface area contributed by atoms with Crippen molar-refractivity contribution in [1.29, 1.82) is 0 Å². The van der Waals surface area contributed by atoms with Crippen LogP contribution in [0.25, 0.3) is 11.0 Å². The van der Waals surface area contributed by atoms with Gasteiger partial charge in [-0.2, -0.15) is 12.5 Å². The third-order valence-corrected chi connectivity index (χ3v) is 5.33. The van der Waals surface area contributed by atoms with Crippen LogP contribution in [0.5, 0.6) is 5.75 Å². The number of rotatable bonds is 4. The van der Waals surface area contributed by atoms with E-state index in [1.807, 2.05) is 6.92 Å². The van der Waals surface area contributed by atoms with Crippen molar-refractivity contribution in [2.75, 3.05) is 6.61 Å². The molecule has 0 N–H and O–H groups in total. The fourth-order valence-corrected chi connectivity index (χ4v) is 3.56. The second kappa shape index (κ2) is 5.88. The molecule has 0 spiro atoms. The molecule has 0 fully saturated rings. The van der Waals surface area contributed by atoms with Crippen LogP contribution in [0.1, 0.15) is 6.92 Å². The largest absolute Gasteiger partial charge is 0.494 e. The Morgan fingerprint density at radius 1 is 1.08 bits per heavy atom. The fraction of sp³-hybridized carbons (Fsp3) is 0.267. The summed E-state index contributed by atoms with van der Waals surface area (Å²) in [5.74, 6) is 0.545. The van der Waals surface area contributed by atoms with Gasteiger partial charge in [-0.1, -0.05) is 0 Å². The van der Waals surface area contributed by atoms with Crippen molar-refractivity contribution >= 4 is 21.1 Å². The van der Waals surface area contributed by atoms with Crippen LogP contribution in [-0.4, -0.2) is 33.3 Å². The average Bonchev–Trinajstić information content (AvgIpc) is 3.05. The Kier molecular flexibility index (Phi) is 3.99. The molecular formula is C15H16N4O5S. The molecule has 0 amide bonds. The molecule has 0 aliphatic heterocycles. The highest BCUT2D eigenvalue weighted by Crippen LogP contribution is 2.19. The predicted octanol–water partition coefficient (Wildman–Crippen LogP) is 0.0694. The van der Waals surface area contributed by atoms with Crippen LogP contribution in [0.2, 0.25) is 0 Å². The maximum atomic E-state index is 12.7. The first-order chi connectivity index (χ1) is 11.8. The van der Waals surface area contributed by atoms with Crippen LogP contribution in [0.4, 0.5) is 0 Å². The van der Waals surface area contributed by atoms with E-state index in [0.717, 1.165) is 15.3 Å². The van der Waals surface area contributed by atoms with Crippen molar-refractivity contribution in [2.24, 2.45) is 14.1 Å². The van der Waals surface area contributed by atoms with Gasteiger partial charge in [-0.3, -0.25) is 13.9 Å². The molecule has 2 aromatic heterocycles. The lowest BCUT2D eigenvalue weighted by molar-refractivity contribution is 0.340. The van der Waals surface area contributed by atoms with E-state index >= 15 is 0 Å². The average molecular weight is 364 g/mol. The highest BCUT2D eigenvalue weighted by Gasteiger charge is 2.21. The highest BCUT2D eigenvalue weighted by molar-refractivity contribution is 7.89. The number of nitrogens with zero attached hydrogens (tertiary/aromatic N) is 4. The lowest BCUT2D eigenvalue weighted by Crippen LogP contribution is -2.36. The summed E-state index contributed by atoms with van der Waals surface area (Å²) in [6.45, 7) is 2.29. The Morgan fingerprint density at radius 2 is 1.72 bits per heavy atom. The summed E-state index contributed by atoms with van der Waals surface area (Å²) >= 11 is 0. The number of hydrogen-bond acceptors (Lipinski definition) is 6. The zero-order valence-electron chi connectivity index (χ0n) is 13.8. The Balaban J connectivity index is 2.18. The minimum Gasteiger partial charge on any atom is -0.494 e. The topological polar surface area (TPSA) is 105 Å². The minimum atomic E-state index is -4.01. The number of hydrogen-bond donors (Lipinski definition) is 0. The molecule has 0 saturated carbocycles. The van der Waals surface area contributed by atoms with E-state index in [4.69, 9.17) is 4.74 Å². The first kappa shape index (κ1) is 17.0. The molecule has 0 atom stereocenters. The molecule has 0 aliphatic rings. The molecule has 0 radical (unpaired) electrons. The summed E-state index contributed by atoms with van der Waals surface area (Å²) < 4.78 is 33.5. The molecule has 9 nitrogen and oxygen atoms in total. The normalized spacial score (nSPS) is 11.8. The molecule has 132 valence electrons. The Bertz CT molecular complexity index is 1170. The summed E-state index contributed by atoms with van der Waals surface area (Å²) in [7, 11) is -1.26. The van der Waals surface area contributed by atoms with E-state index in [-0.39, 0.29) is 15.9 Å². The van der Waals surface area contributed by atoms with Gasteiger partial charge in [0.2, 0.25) is 0 Å². The van der Waals surface area contributed by atoms with Gasteiger partial charge in [0.25, 0.3) is 15.6 Å². The van der Waals surface area contributed by atoms with Crippen LogP contribution in [0.15, 0.2) is 44.9 Å². The molecule has 3 aromatic rings. The minimum absolute atomic E-state index is 0.00242. The standard InChI is InChI=1S/C15H16N4O5S/c1-4-24-10-5-7-11(8-6-10)25(22,23)19-9-12-13(16-19)17(2)15(21)18(3)14(12)20/h5-9H,4H2,1-3H3. The number of benzene rings is 1. The van der Waals surface area contributed by atoms with Crippen molar-refractivity contribution in [1.82, 2.24) is 18.3 Å². The zero-order valence-corrected chi connectivity index (χ0v) is 14.6. The van der Waals surface area contributed by atoms with Gasteiger partial charge in [0, 0.05) is 14.1 Å². The van der Waals surface area contributed by atoms with Gasteiger partial charge in [-0.25, -0.2) is 4.79 Å². The smallest absolute Gasteiger partial charge is 0.332 e. The van der Waals surface area contributed by atoms with Gasteiger partial charge in [-0.15, -0.1) is 5.10 Å².